The predicted molar refractivity (Wildman–Crippen MR) is 57.2 cm³/mol. The van der Waals surface area contributed by atoms with Crippen LogP contribution in [0.5, 0.6) is 0 Å². The van der Waals surface area contributed by atoms with Crippen molar-refractivity contribution in [2.24, 2.45) is 16.3 Å². The lowest BCUT2D eigenvalue weighted by Crippen LogP contribution is -2.44. The summed E-state index contributed by atoms with van der Waals surface area (Å²) in [6.07, 6.45) is 8.04. The van der Waals surface area contributed by atoms with E-state index in [0.29, 0.717) is 6.04 Å². The summed E-state index contributed by atoms with van der Waals surface area (Å²) in [7, 11) is 0. The van der Waals surface area contributed by atoms with Gasteiger partial charge < -0.3 is 5.73 Å². The molecule has 1 atom stereocenters. The van der Waals surface area contributed by atoms with E-state index in [0.717, 1.165) is 6.42 Å². The molecule has 1 unspecified atom stereocenters. The maximum Gasteiger partial charge on any atom is 0.209 e. The zero-order valence-electron chi connectivity index (χ0n) is 8.66. The van der Waals surface area contributed by atoms with E-state index in [1.54, 1.807) is 5.01 Å². The van der Waals surface area contributed by atoms with Crippen LogP contribution in [0.3, 0.4) is 0 Å². The molecular weight excluding hydrogens is 176 g/mol. The Labute approximate surface area is 84.7 Å². The lowest BCUT2D eigenvalue weighted by atomic mass is 9.79. The first kappa shape index (κ1) is 9.49. The van der Waals surface area contributed by atoms with Crippen LogP contribution in [0.4, 0.5) is 0 Å². The Kier molecular flexibility index (Phi) is 2.21. The molecule has 1 saturated carbocycles. The lowest BCUT2D eigenvalue weighted by Gasteiger charge is -2.32. The zero-order valence-corrected chi connectivity index (χ0v) is 8.66. The van der Waals surface area contributed by atoms with E-state index in [1.165, 1.54) is 25.7 Å². The minimum atomic E-state index is 0.0804. The second-order valence-corrected chi connectivity index (χ2v) is 4.34. The monoisotopic (exact) mass is 194 g/mol. The van der Waals surface area contributed by atoms with Gasteiger partial charge >= 0.3 is 0 Å². The summed E-state index contributed by atoms with van der Waals surface area (Å²) < 4.78 is 0. The van der Waals surface area contributed by atoms with Crippen molar-refractivity contribution in [1.82, 2.24) is 5.01 Å². The standard InChI is InChI=1S/C10H18N4/c1-2-8-10(5-3-4-6-10)7-13-14(8)9(11)12/h7-8H,2-6H2,1H3,(H3,11,12). The highest BCUT2D eigenvalue weighted by Gasteiger charge is 2.46. The van der Waals surface area contributed by atoms with Crippen molar-refractivity contribution in [1.29, 1.82) is 5.41 Å². The van der Waals surface area contributed by atoms with Gasteiger partial charge in [0.15, 0.2) is 0 Å². The van der Waals surface area contributed by atoms with Crippen LogP contribution in [0.15, 0.2) is 5.10 Å². The number of rotatable bonds is 1. The van der Waals surface area contributed by atoms with Gasteiger partial charge in [-0.15, -0.1) is 0 Å². The van der Waals surface area contributed by atoms with E-state index >= 15 is 0 Å². The van der Waals surface area contributed by atoms with Crippen molar-refractivity contribution >= 4 is 12.2 Å². The molecule has 0 aromatic heterocycles. The Balaban J connectivity index is 2.22. The molecule has 0 aromatic rings. The van der Waals surface area contributed by atoms with Gasteiger partial charge in [-0.25, -0.2) is 5.01 Å². The number of nitrogens with two attached hydrogens (primary N) is 1. The number of hydrogen-bond acceptors (Lipinski definition) is 2. The van der Waals surface area contributed by atoms with E-state index in [4.69, 9.17) is 11.1 Å². The van der Waals surface area contributed by atoms with Gasteiger partial charge in [0.05, 0.1) is 6.04 Å². The normalized spacial score (nSPS) is 28.9. The summed E-state index contributed by atoms with van der Waals surface area (Å²) >= 11 is 0. The van der Waals surface area contributed by atoms with Crippen LogP contribution >= 0.6 is 0 Å². The molecule has 0 amide bonds. The molecule has 1 fully saturated rings. The van der Waals surface area contributed by atoms with Crippen LogP contribution in [0, 0.1) is 10.8 Å². The highest BCUT2D eigenvalue weighted by atomic mass is 15.5. The van der Waals surface area contributed by atoms with Crippen molar-refractivity contribution in [2.45, 2.75) is 45.1 Å². The van der Waals surface area contributed by atoms with Crippen LogP contribution in [0.25, 0.3) is 0 Å². The lowest BCUT2D eigenvalue weighted by molar-refractivity contribution is 0.216. The Hall–Kier alpha value is -1.06. The van der Waals surface area contributed by atoms with Gasteiger partial charge in [-0.3, -0.25) is 5.41 Å². The largest absolute Gasteiger partial charge is 0.369 e. The highest BCUT2D eigenvalue weighted by molar-refractivity contribution is 5.80. The molecule has 78 valence electrons. The molecule has 1 aliphatic carbocycles. The van der Waals surface area contributed by atoms with Gasteiger partial charge in [-0.05, 0) is 19.3 Å². The zero-order chi connectivity index (χ0) is 10.2. The van der Waals surface area contributed by atoms with Crippen LogP contribution < -0.4 is 5.73 Å². The van der Waals surface area contributed by atoms with E-state index in [9.17, 15) is 0 Å². The van der Waals surface area contributed by atoms with Gasteiger partial charge in [0.2, 0.25) is 5.96 Å². The Bertz CT molecular complexity index is 265. The molecular formula is C10H18N4. The van der Waals surface area contributed by atoms with E-state index in [-0.39, 0.29) is 11.4 Å². The van der Waals surface area contributed by atoms with Crippen LogP contribution in [0.1, 0.15) is 39.0 Å². The third kappa shape index (κ3) is 1.21. The fraction of sp³-hybridized carbons (Fsp3) is 0.800. The van der Waals surface area contributed by atoms with Crippen molar-refractivity contribution in [3.05, 3.63) is 0 Å². The summed E-state index contributed by atoms with van der Waals surface area (Å²) in [5.74, 6) is 0.0804. The van der Waals surface area contributed by atoms with Crippen molar-refractivity contribution in [3.63, 3.8) is 0 Å². The van der Waals surface area contributed by atoms with Gasteiger partial charge in [-0.2, -0.15) is 5.10 Å². The Morgan fingerprint density at radius 1 is 1.64 bits per heavy atom. The molecule has 1 aliphatic heterocycles. The molecule has 3 N–H and O–H groups in total. The third-order valence-electron chi connectivity index (χ3n) is 3.57. The topological polar surface area (TPSA) is 65.5 Å². The molecule has 2 rings (SSSR count). The average Bonchev–Trinajstić information content (AvgIpc) is 2.74. The number of hydrogen-bond donors (Lipinski definition) is 2. The molecule has 0 saturated heterocycles. The molecule has 0 aromatic carbocycles. The number of guanidine groups is 1. The second-order valence-electron chi connectivity index (χ2n) is 4.34. The first-order valence-electron chi connectivity index (χ1n) is 5.38. The average molecular weight is 194 g/mol. The molecule has 0 radical (unpaired) electrons. The van der Waals surface area contributed by atoms with Gasteiger partial charge in [-0.1, -0.05) is 19.8 Å². The number of nitrogens with zero attached hydrogens (tertiary/aromatic N) is 2. The summed E-state index contributed by atoms with van der Waals surface area (Å²) in [6, 6.07) is 0.322. The summed E-state index contributed by atoms with van der Waals surface area (Å²) in [5.41, 5.74) is 5.73. The smallest absolute Gasteiger partial charge is 0.209 e. The minimum absolute atomic E-state index is 0.0804. The summed E-state index contributed by atoms with van der Waals surface area (Å²) in [6.45, 7) is 2.15. The summed E-state index contributed by atoms with van der Waals surface area (Å²) in [5, 5.41) is 13.4. The molecule has 4 nitrogen and oxygen atoms in total. The Morgan fingerprint density at radius 2 is 2.29 bits per heavy atom. The first-order valence-corrected chi connectivity index (χ1v) is 5.38. The molecule has 1 spiro atoms. The van der Waals surface area contributed by atoms with Crippen molar-refractivity contribution < 1.29 is 0 Å². The molecule has 1 heterocycles. The second kappa shape index (κ2) is 3.26. The van der Waals surface area contributed by atoms with Crippen LogP contribution in [0.2, 0.25) is 0 Å². The van der Waals surface area contributed by atoms with Gasteiger partial charge in [0.1, 0.15) is 0 Å². The maximum atomic E-state index is 7.46. The van der Waals surface area contributed by atoms with Crippen LogP contribution in [-0.2, 0) is 0 Å². The van der Waals surface area contributed by atoms with Gasteiger partial charge in [0.25, 0.3) is 0 Å². The quantitative estimate of drug-likeness (QED) is 0.491. The minimum Gasteiger partial charge on any atom is -0.369 e. The van der Waals surface area contributed by atoms with E-state index < -0.39 is 0 Å². The molecule has 4 heteroatoms. The van der Waals surface area contributed by atoms with E-state index in [1.807, 2.05) is 6.21 Å². The third-order valence-corrected chi connectivity index (χ3v) is 3.57. The van der Waals surface area contributed by atoms with Crippen LogP contribution in [-0.4, -0.2) is 23.2 Å². The first-order chi connectivity index (χ1) is 6.69. The molecule has 14 heavy (non-hydrogen) atoms. The molecule has 0 bridgehead atoms. The predicted octanol–water partition coefficient (Wildman–Crippen LogP) is 1.52. The Morgan fingerprint density at radius 3 is 2.79 bits per heavy atom. The van der Waals surface area contributed by atoms with E-state index in [2.05, 4.69) is 12.0 Å². The van der Waals surface area contributed by atoms with Crippen molar-refractivity contribution in [2.75, 3.05) is 0 Å². The fourth-order valence-corrected chi connectivity index (χ4v) is 2.89. The van der Waals surface area contributed by atoms with Crippen molar-refractivity contribution in [3.8, 4) is 0 Å². The maximum absolute atomic E-state index is 7.46. The van der Waals surface area contributed by atoms with Gasteiger partial charge in [0, 0.05) is 11.6 Å². The molecule has 2 aliphatic rings. The number of nitrogens with one attached hydrogen (secondary N) is 1. The summed E-state index contributed by atoms with van der Waals surface area (Å²) in [4.78, 5) is 0. The SMILES string of the molecule is CCC1N(C(=N)N)N=CC12CCCC2. The number of hydrazone groups is 1. The highest BCUT2D eigenvalue weighted by Crippen LogP contribution is 2.45. The fourth-order valence-electron chi connectivity index (χ4n) is 2.89.